The van der Waals surface area contributed by atoms with Crippen LogP contribution in [0.2, 0.25) is 0 Å². The van der Waals surface area contributed by atoms with Gasteiger partial charge in [0.1, 0.15) is 12.2 Å². The van der Waals surface area contributed by atoms with Gasteiger partial charge in [0.2, 0.25) is 0 Å². The van der Waals surface area contributed by atoms with Gasteiger partial charge >= 0.3 is 0 Å². The Bertz CT molecular complexity index is 593. The van der Waals surface area contributed by atoms with Gasteiger partial charge in [-0.1, -0.05) is 13.8 Å². The molecule has 0 aliphatic heterocycles. The van der Waals surface area contributed by atoms with Crippen molar-refractivity contribution >= 4 is 5.78 Å². The number of aliphatic hydroxyl groups is 4. The van der Waals surface area contributed by atoms with E-state index in [2.05, 4.69) is 6.92 Å². The molecule has 4 aliphatic rings. The van der Waals surface area contributed by atoms with Gasteiger partial charge in [0.15, 0.2) is 5.78 Å². The highest BCUT2D eigenvalue weighted by Crippen LogP contribution is 2.68. The fraction of sp³-hybridized carbons (Fsp3) is 0.952. The van der Waals surface area contributed by atoms with E-state index in [1.807, 2.05) is 6.92 Å². The summed E-state index contributed by atoms with van der Waals surface area (Å²) in [5.74, 6) is 0.653. The number of hydrogen-bond donors (Lipinski definition) is 4. The van der Waals surface area contributed by atoms with E-state index < -0.39 is 29.5 Å². The van der Waals surface area contributed by atoms with Crippen molar-refractivity contribution in [3.05, 3.63) is 0 Å². The van der Waals surface area contributed by atoms with E-state index in [0.29, 0.717) is 24.7 Å². The third-order valence-corrected chi connectivity index (χ3v) is 9.33. The van der Waals surface area contributed by atoms with Crippen LogP contribution in [-0.4, -0.2) is 50.6 Å². The number of ketones is 1. The molecule has 4 fully saturated rings. The van der Waals surface area contributed by atoms with Crippen LogP contribution in [0, 0.1) is 34.5 Å². The van der Waals surface area contributed by atoms with E-state index in [9.17, 15) is 25.2 Å². The van der Waals surface area contributed by atoms with Gasteiger partial charge in [0.25, 0.3) is 0 Å². The zero-order chi connectivity index (χ0) is 18.9. The first-order valence-electron chi connectivity index (χ1n) is 10.4. The van der Waals surface area contributed by atoms with E-state index in [1.54, 1.807) is 0 Å². The largest absolute Gasteiger partial charge is 0.393 e. The number of aliphatic hydroxyl groups excluding tert-OH is 3. The minimum Gasteiger partial charge on any atom is -0.393 e. The van der Waals surface area contributed by atoms with Crippen LogP contribution in [0.4, 0.5) is 0 Å². The summed E-state index contributed by atoms with van der Waals surface area (Å²) in [5.41, 5.74) is -2.14. The monoisotopic (exact) mass is 366 g/mol. The summed E-state index contributed by atoms with van der Waals surface area (Å²) in [6.07, 6.45) is 5.48. The number of fused-ring (bicyclic) bond motifs is 5. The summed E-state index contributed by atoms with van der Waals surface area (Å²) in [4.78, 5) is 12.4. The summed E-state index contributed by atoms with van der Waals surface area (Å²) in [7, 11) is 0. The smallest absolute Gasteiger partial charge is 0.190 e. The Balaban J connectivity index is 1.69. The van der Waals surface area contributed by atoms with E-state index in [0.717, 1.165) is 38.5 Å². The van der Waals surface area contributed by atoms with Gasteiger partial charge in [-0.2, -0.15) is 0 Å². The average Bonchev–Trinajstić information content (AvgIpc) is 2.86. The third kappa shape index (κ3) is 2.27. The van der Waals surface area contributed by atoms with Crippen LogP contribution in [-0.2, 0) is 4.79 Å². The lowest BCUT2D eigenvalue weighted by Crippen LogP contribution is -2.63. The Labute approximate surface area is 155 Å². The minimum absolute atomic E-state index is 0.0323. The first-order valence-corrected chi connectivity index (χ1v) is 10.4. The first kappa shape index (κ1) is 18.9. The number of Topliss-reactive ketones (excluding diaryl/α,β-unsaturated/α-hetero) is 1. The Morgan fingerprint density at radius 1 is 1.08 bits per heavy atom. The van der Waals surface area contributed by atoms with E-state index in [-0.39, 0.29) is 23.4 Å². The maximum atomic E-state index is 12.4. The fourth-order valence-electron chi connectivity index (χ4n) is 7.95. The lowest BCUT2D eigenvalue weighted by atomic mass is 9.43. The van der Waals surface area contributed by atoms with Gasteiger partial charge in [-0.3, -0.25) is 4.79 Å². The molecule has 5 heteroatoms. The molecule has 4 saturated carbocycles. The molecule has 0 saturated heterocycles. The zero-order valence-corrected chi connectivity index (χ0v) is 16.0. The van der Waals surface area contributed by atoms with E-state index in [1.165, 1.54) is 0 Å². The molecule has 0 spiro atoms. The van der Waals surface area contributed by atoms with Crippen LogP contribution < -0.4 is 0 Å². The van der Waals surface area contributed by atoms with Gasteiger partial charge in [-0.25, -0.2) is 0 Å². The molecule has 0 aromatic heterocycles. The summed E-state index contributed by atoms with van der Waals surface area (Å²) < 4.78 is 0. The molecule has 148 valence electrons. The molecule has 0 aromatic carbocycles. The predicted octanol–water partition coefficient (Wildman–Crippen LogP) is 1.65. The van der Waals surface area contributed by atoms with Gasteiger partial charge in [-0.05, 0) is 80.5 Å². The molecule has 0 bridgehead atoms. The summed E-state index contributed by atoms with van der Waals surface area (Å²) in [6.45, 7) is 3.61. The third-order valence-electron chi connectivity index (χ3n) is 9.33. The average molecular weight is 366 g/mol. The molecule has 9 atom stereocenters. The Morgan fingerprint density at radius 2 is 1.81 bits per heavy atom. The van der Waals surface area contributed by atoms with Crippen LogP contribution in [0.5, 0.6) is 0 Å². The number of carbonyl (C=O) groups is 1. The molecule has 0 heterocycles. The van der Waals surface area contributed by atoms with Crippen molar-refractivity contribution in [3.8, 4) is 0 Å². The second-order valence-electron chi connectivity index (χ2n) is 10.2. The standard InChI is InChI=1S/C21H34O5/c1-19-7-5-13(23)9-12(19)3-4-14-15-6-8-21(26,17(25)11-22)20(15,2)10-16(24)18(14)19/h12-16,18,22-24,26H,3-11H2,1-2H3/t12-,13-,14+,15+,16-,18-,19-,20+,21+/m0/s1. The van der Waals surface area contributed by atoms with Crippen molar-refractivity contribution in [2.45, 2.75) is 83.0 Å². The maximum absolute atomic E-state index is 12.4. The number of rotatable bonds is 2. The highest BCUT2D eigenvalue weighted by Gasteiger charge is 2.68. The molecule has 4 rings (SSSR count). The quantitative estimate of drug-likeness (QED) is 0.596. The molecule has 4 aliphatic carbocycles. The van der Waals surface area contributed by atoms with Crippen LogP contribution in [0.3, 0.4) is 0 Å². The zero-order valence-electron chi connectivity index (χ0n) is 16.0. The molecule has 0 amide bonds. The fourth-order valence-corrected chi connectivity index (χ4v) is 7.95. The molecule has 0 radical (unpaired) electrons. The maximum Gasteiger partial charge on any atom is 0.190 e. The van der Waals surface area contributed by atoms with E-state index in [4.69, 9.17) is 0 Å². The Kier molecular flexibility index (Phi) is 4.35. The lowest BCUT2D eigenvalue weighted by Gasteiger charge is -2.62. The molecular formula is C21H34O5. The second-order valence-corrected chi connectivity index (χ2v) is 10.2. The Morgan fingerprint density at radius 3 is 2.50 bits per heavy atom. The molecule has 0 unspecified atom stereocenters. The normalized spacial score (nSPS) is 56.4. The first-order chi connectivity index (χ1) is 12.2. The van der Waals surface area contributed by atoms with Crippen LogP contribution in [0.25, 0.3) is 0 Å². The summed E-state index contributed by atoms with van der Waals surface area (Å²) >= 11 is 0. The van der Waals surface area contributed by atoms with Crippen molar-refractivity contribution in [2.24, 2.45) is 34.5 Å². The van der Waals surface area contributed by atoms with Crippen molar-refractivity contribution in [1.82, 2.24) is 0 Å². The predicted molar refractivity (Wildman–Crippen MR) is 96.2 cm³/mol. The molecule has 26 heavy (non-hydrogen) atoms. The number of hydrogen-bond acceptors (Lipinski definition) is 5. The highest BCUT2D eigenvalue weighted by atomic mass is 16.3. The molecule has 4 N–H and O–H groups in total. The number of carbonyl (C=O) groups excluding carboxylic acids is 1. The van der Waals surface area contributed by atoms with Gasteiger partial charge in [0, 0.05) is 5.41 Å². The van der Waals surface area contributed by atoms with Gasteiger partial charge in [-0.15, -0.1) is 0 Å². The second kappa shape index (κ2) is 6.00. The van der Waals surface area contributed by atoms with Crippen molar-refractivity contribution < 1.29 is 25.2 Å². The van der Waals surface area contributed by atoms with Crippen LogP contribution in [0.15, 0.2) is 0 Å². The van der Waals surface area contributed by atoms with Gasteiger partial charge in [0.05, 0.1) is 12.2 Å². The van der Waals surface area contributed by atoms with Gasteiger partial charge < -0.3 is 20.4 Å². The van der Waals surface area contributed by atoms with E-state index >= 15 is 0 Å². The van der Waals surface area contributed by atoms with Crippen molar-refractivity contribution in [1.29, 1.82) is 0 Å². The minimum atomic E-state index is -1.52. The highest BCUT2D eigenvalue weighted by molar-refractivity contribution is 5.89. The molecule has 5 nitrogen and oxygen atoms in total. The SMILES string of the molecule is C[C@]12CC[C@H](O)C[C@@H]1CC[C@H]1[C@H]2[C@@H](O)C[C@]2(C)[C@@H]1CC[C@@]2(O)C(=O)CO. The van der Waals surface area contributed by atoms with Crippen molar-refractivity contribution in [3.63, 3.8) is 0 Å². The van der Waals surface area contributed by atoms with Crippen molar-refractivity contribution in [2.75, 3.05) is 6.61 Å². The van der Waals surface area contributed by atoms with Crippen LogP contribution >= 0.6 is 0 Å². The molecule has 0 aromatic rings. The van der Waals surface area contributed by atoms with Crippen LogP contribution in [0.1, 0.15) is 65.2 Å². The summed E-state index contributed by atoms with van der Waals surface area (Å²) in [5, 5.41) is 41.9. The molecular weight excluding hydrogens is 332 g/mol. The Hall–Kier alpha value is -0.490. The lowest BCUT2D eigenvalue weighted by molar-refractivity contribution is -0.202. The summed E-state index contributed by atoms with van der Waals surface area (Å²) in [6, 6.07) is 0. The topological polar surface area (TPSA) is 98.0 Å².